The zero-order valence-corrected chi connectivity index (χ0v) is 9.56. The van der Waals surface area contributed by atoms with Gasteiger partial charge in [0.25, 0.3) is 0 Å². The largest absolute Gasteiger partial charge is 0.733 e. The van der Waals surface area contributed by atoms with E-state index < -0.39 is 0 Å². The van der Waals surface area contributed by atoms with Gasteiger partial charge in [-0.25, -0.2) is 0 Å². The molecule has 0 bridgehead atoms. The first kappa shape index (κ1) is 11.7. The molecule has 0 aliphatic carbocycles. The fourth-order valence-corrected chi connectivity index (χ4v) is 1.50. The van der Waals surface area contributed by atoms with Crippen molar-refractivity contribution in [1.29, 1.82) is 0 Å². The molecule has 0 heterocycles. The van der Waals surface area contributed by atoms with Crippen LogP contribution >= 0.6 is 11.6 Å². The van der Waals surface area contributed by atoms with Gasteiger partial charge in [-0.15, -0.1) is 0 Å². The Labute approximate surface area is 104 Å². The summed E-state index contributed by atoms with van der Waals surface area (Å²) < 4.78 is 0. The van der Waals surface area contributed by atoms with Gasteiger partial charge in [-0.1, -0.05) is 11.6 Å². The predicted octanol–water partition coefficient (Wildman–Crippen LogP) is 3.78. The third-order valence-electron chi connectivity index (χ3n) is 2.22. The Hall–Kier alpha value is -1.75. The van der Waals surface area contributed by atoms with Crippen molar-refractivity contribution >= 4 is 28.7 Å². The predicted molar refractivity (Wildman–Crippen MR) is 68.8 cm³/mol. The Kier molecular flexibility index (Phi) is 3.49. The normalized spacial score (nSPS) is 10.1. The molecule has 0 saturated heterocycles. The second-order valence-corrected chi connectivity index (χ2v) is 3.89. The number of anilines is 3. The Bertz CT molecular complexity index is 483. The molecule has 0 radical (unpaired) electrons. The topological polar surface area (TPSA) is 58.6 Å². The Morgan fingerprint density at radius 2 is 1.41 bits per heavy atom. The van der Waals surface area contributed by atoms with E-state index in [4.69, 9.17) is 16.8 Å². The molecule has 0 unspecified atom stereocenters. The van der Waals surface area contributed by atoms with Crippen LogP contribution in [0.4, 0.5) is 17.1 Å². The van der Waals surface area contributed by atoms with Gasteiger partial charge in [0.05, 0.1) is 5.69 Å². The van der Waals surface area contributed by atoms with Gasteiger partial charge in [0.2, 0.25) is 0 Å². The van der Waals surface area contributed by atoms with Crippen molar-refractivity contribution < 1.29 is 5.21 Å². The van der Waals surface area contributed by atoms with Crippen LogP contribution in [0.25, 0.3) is 0 Å². The minimum Gasteiger partial charge on any atom is -0.733 e. The summed E-state index contributed by atoms with van der Waals surface area (Å²) in [6.45, 7) is 0. The third kappa shape index (κ3) is 3.10. The van der Waals surface area contributed by atoms with Crippen molar-refractivity contribution in [3.8, 4) is 0 Å². The first-order valence-corrected chi connectivity index (χ1v) is 5.32. The highest BCUT2D eigenvalue weighted by Gasteiger charge is 1.96. The van der Waals surface area contributed by atoms with Gasteiger partial charge in [0, 0.05) is 16.4 Å². The first-order valence-electron chi connectivity index (χ1n) is 4.94. The molecule has 0 amide bonds. The molecule has 4 nitrogen and oxygen atoms in total. The zero-order chi connectivity index (χ0) is 12.3. The molecule has 0 saturated carbocycles. The smallest absolute Gasteiger partial charge is 0.0510 e. The average molecular weight is 250 g/mol. The summed E-state index contributed by atoms with van der Waals surface area (Å²) >= 11 is 5.77. The lowest BCUT2D eigenvalue weighted by molar-refractivity contribution is 0.296. The fraction of sp³-hybridized carbons (Fsp3) is 0. The molecule has 2 rings (SSSR count). The second-order valence-electron chi connectivity index (χ2n) is 3.45. The molecule has 2 N–H and O–H groups in total. The third-order valence-corrected chi connectivity index (χ3v) is 2.47. The SMILES string of the molecule is [O-]N(O)c1ccc(Nc2ccc(Cl)cc2)cc1. The first-order chi connectivity index (χ1) is 8.15. The van der Waals surface area contributed by atoms with Crippen LogP contribution in [0.5, 0.6) is 0 Å². The summed E-state index contributed by atoms with van der Waals surface area (Å²) in [5, 5.41) is 22.9. The highest BCUT2D eigenvalue weighted by Crippen LogP contribution is 2.21. The minimum absolute atomic E-state index is 0.175. The molecule has 0 atom stereocenters. The summed E-state index contributed by atoms with van der Waals surface area (Å²) in [4.78, 5) is 0. The maximum absolute atomic E-state index is 10.6. The minimum atomic E-state index is -0.175. The van der Waals surface area contributed by atoms with E-state index in [0.717, 1.165) is 11.4 Å². The number of hydrogen-bond acceptors (Lipinski definition) is 4. The van der Waals surface area contributed by atoms with Crippen molar-refractivity contribution in [2.45, 2.75) is 0 Å². The molecular formula is C12H10ClN2O2-. The Morgan fingerprint density at radius 3 is 1.88 bits per heavy atom. The zero-order valence-electron chi connectivity index (χ0n) is 8.80. The van der Waals surface area contributed by atoms with E-state index in [2.05, 4.69) is 5.32 Å². The summed E-state index contributed by atoms with van der Waals surface area (Å²) in [6, 6.07) is 13.7. The highest BCUT2D eigenvalue weighted by atomic mass is 35.5. The molecule has 0 aliphatic heterocycles. The summed E-state index contributed by atoms with van der Waals surface area (Å²) in [7, 11) is 0. The fourth-order valence-electron chi connectivity index (χ4n) is 1.37. The maximum Gasteiger partial charge on any atom is 0.0510 e. The molecule has 0 aromatic heterocycles. The van der Waals surface area contributed by atoms with Gasteiger partial charge in [-0.2, -0.15) is 0 Å². The highest BCUT2D eigenvalue weighted by molar-refractivity contribution is 6.30. The molecule has 88 valence electrons. The quantitative estimate of drug-likeness (QED) is 0.813. The van der Waals surface area contributed by atoms with Gasteiger partial charge in [-0.05, 0) is 48.5 Å². The molecule has 0 fully saturated rings. The van der Waals surface area contributed by atoms with Gasteiger partial charge in [0.1, 0.15) is 0 Å². The van der Waals surface area contributed by atoms with Crippen LogP contribution < -0.4 is 10.5 Å². The van der Waals surface area contributed by atoms with Crippen LogP contribution in [0, 0.1) is 5.21 Å². The van der Waals surface area contributed by atoms with Crippen LogP contribution in [0.1, 0.15) is 0 Å². The lowest BCUT2D eigenvalue weighted by Gasteiger charge is -2.21. The second kappa shape index (κ2) is 5.05. The van der Waals surface area contributed by atoms with Gasteiger partial charge < -0.3 is 15.8 Å². The number of benzene rings is 2. The lowest BCUT2D eigenvalue weighted by Crippen LogP contribution is -2.06. The van der Waals surface area contributed by atoms with E-state index in [1.807, 2.05) is 12.1 Å². The van der Waals surface area contributed by atoms with E-state index in [1.165, 1.54) is 12.1 Å². The number of rotatable bonds is 3. The van der Waals surface area contributed by atoms with Gasteiger partial charge in [-0.3, -0.25) is 5.21 Å². The van der Waals surface area contributed by atoms with E-state index in [-0.39, 0.29) is 10.9 Å². The van der Waals surface area contributed by atoms with Crippen LogP contribution in [-0.4, -0.2) is 5.21 Å². The van der Waals surface area contributed by atoms with Crippen LogP contribution in [0.3, 0.4) is 0 Å². The number of hydrogen-bond donors (Lipinski definition) is 2. The van der Waals surface area contributed by atoms with Gasteiger partial charge in [0.15, 0.2) is 0 Å². The van der Waals surface area contributed by atoms with Crippen LogP contribution in [0.15, 0.2) is 48.5 Å². The molecular weight excluding hydrogens is 240 g/mol. The van der Waals surface area contributed by atoms with Crippen molar-refractivity contribution in [2.75, 3.05) is 10.5 Å². The molecule has 0 spiro atoms. The van der Waals surface area contributed by atoms with Crippen LogP contribution in [-0.2, 0) is 0 Å². The molecule has 5 heteroatoms. The average Bonchev–Trinajstić information content (AvgIpc) is 2.33. The number of nitrogens with zero attached hydrogens (tertiary/aromatic N) is 1. The summed E-state index contributed by atoms with van der Waals surface area (Å²) in [5.74, 6) is 0. The monoisotopic (exact) mass is 249 g/mol. The molecule has 17 heavy (non-hydrogen) atoms. The summed E-state index contributed by atoms with van der Waals surface area (Å²) in [6.07, 6.45) is 0. The Morgan fingerprint density at radius 1 is 0.941 bits per heavy atom. The van der Waals surface area contributed by atoms with Crippen molar-refractivity contribution in [3.05, 3.63) is 58.8 Å². The lowest BCUT2D eigenvalue weighted by atomic mass is 10.2. The van der Waals surface area contributed by atoms with E-state index in [9.17, 15) is 5.21 Å². The Balaban J connectivity index is 2.11. The van der Waals surface area contributed by atoms with Gasteiger partial charge >= 0.3 is 0 Å². The van der Waals surface area contributed by atoms with Crippen molar-refractivity contribution in [1.82, 2.24) is 0 Å². The van der Waals surface area contributed by atoms with E-state index in [1.54, 1.807) is 24.3 Å². The molecule has 2 aromatic carbocycles. The standard InChI is InChI=1S/C12H10ClN2O2/c13-9-1-3-10(4-2-9)14-11-5-7-12(8-6-11)15(16)17/h1-8,14,16H/q-1. The van der Waals surface area contributed by atoms with Crippen LogP contribution in [0.2, 0.25) is 5.02 Å². The maximum atomic E-state index is 10.6. The van der Waals surface area contributed by atoms with E-state index in [0.29, 0.717) is 5.02 Å². The van der Waals surface area contributed by atoms with Crippen molar-refractivity contribution in [3.63, 3.8) is 0 Å². The summed E-state index contributed by atoms with van der Waals surface area (Å²) in [5.41, 5.74) is 1.90. The number of nitrogens with one attached hydrogen (secondary N) is 1. The molecule has 2 aromatic rings. The number of halogens is 1. The van der Waals surface area contributed by atoms with E-state index >= 15 is 0 Å². The molecule has 0 aliphatic rings. The van der Waals surface area contributed by atoms with Crippen molar-refractivity contribution in [2.24, 2.45) is 0 Å².